The van der Waals surface area contributed by atoms with Crippen LogP contribution in [-0.4, -0.2) is 17.7 Å². The number of amides is 1. The van der Waals surface area contributed by atoms with Crippen molar-refractivity contribution in [3.05, 3.63) is 94.4 Å². The summed E-state index contributed by atoms with van der Waals surface area (Å²) in [5.41, 5.74) is 3.96. The Kier molecular flexibility index (Phi) is 6.92. The number of hydrogen-bond donors (Lipinski definition) is 1. The van der Waals surface area contributed by atoms with Crippen molar-refractivity contribution in [3.63, 3.8) is 0 Å². The monoisotopic (exact) mass is 444 g/mol. The highest BCUT2D eigenvalue weighted by molar-refractivity contribution is 8.18. The Bertz CT molecular complexity index is 1160. The summed E-state index contributed by atoms with van der Waals surface area (Å²) in [5.74, 6) is 1.15. The fourth-order valence-electron chi connectivity index (χ4n) is 3.10. The number of nitrogens with one attached hydrogen (secondary N) is 1. The van der Waals surface area contributed by atoms with E-state index in [2.05, 4.69) is 41.5 Å². The molecule has 0 unspecified atom stereocenters. The van der Waals surface area contributed by atoms with Gasteiger partial charge in [0.25, 0.3) is 5.91 Å². The molecule has 0 spiro atoms. The molecule has 1 saturated heterocycles. The Morgan fingerprint density at radius 1 is 0.969 bits per heavy atom. The maximum Gasteiger partial charge on any atom is 0.264 e. The van der Waals surface area contributed by atoms with Gasteiger partial charge in [-0.2, -0.15) is 0 Å². The zero-order chi connectivity index (χ0) is 22.3. The summed E-state index contributed by atoms with van der Waals surface area (Å²) in [6.45, 7) is 4.97. The number of carbonyl (C=O) groups excluding carboxylic acids is 1. The largest absolute Gasteiger partial charge is 0.490 e. The molecule has 1 heterocycles. The third-order valence-electron chi connectivity index (χ3n) is 4.72. The molecule has 1 aliphatic heterocycles. The van der Waals surface area contributed by atoms with Gasteiger partial charge < -0.3 is 14.8 Å². The summed E-state index contributed by atoms with van der Waals surface area (Å²) >= 11 is 1.32. The van der Waals surface area contributed by atoms with Crippen molar-refractivity contribution in [3.8, 4) is 11.5 Å². The fourth-order valence-corrected chi connectivity index (χ4v) is 3.94. The number of amidine groups is 1. The lowest BCUT2D eigenvalue weighted by Crippen LogP contribution is -2.19. The lowest BCUT2D eigenvalue weighted by Gasteiger charge is -2.13. The average Bonchev–Trinajstić information content (AvgIpc) is 3.13. The molecule has 0 aliphatic carbocycles. The number of thioether (sulfide) groups is 1. The first-order valence-electron chi connectivity index (χ1n) is 10.4. The van der Waals surface area contributed by atoms with Crippen LogP contribution < -0.4 is 14.8 Å². The third-order valence-corrected chi connectivity index (χ3v) is 5.63. The van der Waals surface area contributed by atoms with Crippen molar-refractivity contribution < 1.29 is 14.3 Å². The summed E-state index contributed by atoms with van der Waals surface area (Å²) in [4.78, 5) is 17.5. The molecule has 5 nitrogen and oxygen atoms in total. The Morgan fingerprint density at radius 2 is 1.75 bits per heavy atom. The molecule has 32 heavy (non-hydrogen) atoms. The first-order chi connectivity index (χ1) is 15.6. The van der Waals surface area contributed by atoms with Gasteiger partial charge in [-0.05, 0) is 67.1 Å². The zero-order valence-electron chi connectivity index (χ0n) is 18.0. The van der Waals surface area contributed by atoms with Crippen LogP contribution in [0.25, 0.3) is 6.08 Å². The van der Waals surface area contributed by atoms with E-state index in [4.69, 9.17) is 9.47 Å². The van der Waals surface area contributed by atoms with Crippen LogP contribution in [0.2, 0.25) is 0 Å². The highest BCUT2D eigenvalue weighted by Crippen LogP contribution is 2.33. The van der Waals surface area contributed by atoms with Crippen LogP contribution in [0.15, 0.2) is 82.7 Å². The molecule has 0 aromatic heterocycles. The number of rotatable bonds is 7. The van der Waals surface area contributed by atoms with Crippen LogP contribution in [-0.2, 0) is 11.4 Å². The minimum Gasteiger partial charge on any atom is -0.490 e. The first kappa shape index (κ1) is 21.7. The van der Waals surface area contributed by atoms with Gasteiger partial charge in [0.05, 0.1) is 17.2 Å². The van der Waals surface area contributed by atoms with Crippen molar-refractivity contribution in [1.29, 1.82) is 0 Å². The van der Waals surface area contributed by atoms with Crippen LogP contribution in [0.3, 0.4) is 0 Å². The lowest BCUT2D eigenvalue weighted by molar-refractivity contribution is -0.115. The van der Waals surface area contributed by atoms with Crippen LogP contribution in [0.4, 0.5) is 5.69 Å². The number of aliphatic imine (C=N–C) groups is 1. The Labute approximate surface area is 192 Å². The van der Waals surface area contributed by atoms with Gasteiger partial charge in [0.2, 0.25) is 0 Å². The van der Waals surface area contributed by atoms with Gasteiger partial charge >= 0.3 is 0 Å². The van der Waals surface area contributed by atoms with Crippen molar-refractivity contribution in [2.24, 2.45) is 4.99 Å². The molecule has 0 saturated carbocycles. The first-order valence-corrected chi connectivity index (χ1v) is 11.2. The van der Waals surface area contributed by atoms with Crippen molar-refractivity contribution in [1.82, 2.24) is 5.32 Å². The molecule has 4 rings (SSSR count). The number of para-hydroxylation sites is 1. The topological polar surface area (TPSA) is 59.9 Å². The van der Waals surface area contributed by atoms with E-state index in [1.165, 1.54) is 17.3 Å². The predicted molar refractivity (Wildman–Crippen MR) is 130 cm³/mol. The Hall–Kier alpha value is -3.51. The number of benzene rings is 3. The highest BCUT2D eigenvalue weighted by Gasteiger charge is 2.24. The minimum atomic E-state index is -0.165. The number of ether oxygens (including phenoxy) is 2. The standard InChI is InChI=1S/C26H24N2O3S/c1-3-30-23-15-20(13-14-22(23)31-17-19-11-9-18(2)10-12-19)16-24-25(29)28-26(32-24)27-21-7-5-4-6-8-21/h4-16H,3,17H2,1-2H3,(H,27,28,29). The second-order valence-corrected chi connectivity index (χ2v) is 8.26. The Balaban J connectivity index is 1.50. The molecule has 3 aromatic carbocycles. The molecule has 1 amide bonds. The van der Waals surface area contributed by atoms with E-state index in [9.17, 15) is 4.79 Å². The summed E-state index contributed by atoms with van der Waals surface area (Å²) in [6, 6.07) is 23.5. The van der Waals surface area contributed by atoms with Gasteiger partial charge in [-0.1, -0.05) is 54.1 Å². The molecular formula is C26H24N2O3S. The van der Waals surface area contributed by atoms with E-state index in [-0.39, 0.29) is 5.91 Å². The summed E-state index contributed by atoms with van der Waals surface area (Å²) < 4.78 is 11.8. The van der Waals surface area contributed by atoms with Crippen molar-refractivity contribution >= 4 is 34.6 Å². The average molecular weight is 445 g/mol. The van der Waals surface area contributed by atoms with Gasteiger partial charge in [-0.3, -0.25) is 4.79 Å². The molecule has 0 atom stereocenters. The molecule has 1 N–H and O–H groups in total. The third kappa shape index (κ3) is 5.59. The maximum atomic E-state index is 12.4. The summed E-state index contributed by atoms with van der Waals surface area (Å²) in [5, 5.41) is 3.38. The fraction of sp³-hybridized carbons (Fsp3) is 0.154. The number of carbonyl (C=O) groups is 1. The maximum absolute atomic E-state index is 12.4. The predicted octanol–water partition coefficient (Wildman–Crippen LogP) is 5.86. The SMILES string of the molecule is CCOc1cc(C=C2SC(=Nc3ccccc3)NC2=O)ccc1OCc1ccc(C)cc1. The zero-order valence-corrected chi connectivity index (χ0v) is 18.8. The molecule has 3 aromatic rings. The number of aryl methyl sites for hydroxylation is 1. The van der Waals surface area contributed by atoms with E-state index in [0.29, 0.717) is 34.8 Å². The minimum absolute atomic E-state index is 0.165. The number of nitrogens with zero attached hydrogens (tertiary/aromatic N) is 1. The second-order valence-electron chi connectivity index (χ2n) is 7.23. The summed E-state index contributed by atoms with van der Waals surface area (Å²) in [7, 11) is 0. The molecule has 6 heteroatoms. The quantitative estimate of drug-likeness (QED) is 0.464. The molecule has 162 valence electrons. The van der Waals surface area contributed by atoms with Crippen LogP contribution in [0.5, 0.6) is 11.5 Å². The number of hydrogen-bond acceptors (Lipinski definition) is 5. The van der Waals surface area contributed by atoms with E-state index in [1.54, 1.807) is 0 Å². The van der Waals surface area contributed by atoms with Crippen molar-refractivity contribution in [2.45, 2.75) is 20.5 Å². The van der Waals surface area contributed by atoms with Gasteiger partial charge in [-0.25, -0.2) is 4.99 Å². The summed E-state index contributed by atoms with van der Waals surface area (Å²) in [6.07, 6.45) is 1.83. The van der Waals surface area contributed by atoms with E-state index >= 15 is 0 Å². The van der Waals surface area contributed by atoms with E-state index in [1.807, 2.05) is 61.5 Å². The molecule has 1 fully saturated rings. The van der Waals surface area contributed by atoms with Crippen molar-refractivity contribution in [2.75, 3.05) is 6.61 Å². The smallest absolute Gasteiger partial charge is 0.264 e. The van der Waals surface area contributed by atoms with Crippen LogP contribution in [0.1, 0.15) is 23.6 Å². The lowest BCUT2D eigenvalue weighted by atomic mass is 10.1. The van der Waals surface area contributed by atoms with E-state index < -0.39 is 0 Å². The van der Waals surface area contributed by atoms with Gasteiger partial charge in [0, 0.05) is 0 Å². The van der Waals surface area contributed by atoms with Gasteiger partial charge in [0.15, 0.2) is 16.7 Å². The second kappa shape index (κ2) is 10.2. The normalized spacial score (nSPS) is 15.8. The molecular weight excluding hydrogens is 420 g/mol. The highest BCUT2D eigenvalue weighted by atomic mass is 32.2. The van der Waals surface area contributed by atoms with Gasteiger partial charge in [-0.15, -0.1) is 0 Å². The van der Waals surface area contributed by atoms with Crippen LogP contribution in [0, 0.1) is 6.92 Å². The van der Waals surface area contributed by atoms with Crippen LogP contribution >= 0.6 is 11.8 Å². The Morgan fingerprint density at radius 3 is 2.50 bits per heavy atom. The van der Waals surface area contributed by atoms with Gasteiger partial charge in [0.1, 0.15) is 6.61 Å². The molecule has 0 bridgehead atoms. The molecule has 0 radical (unpaired) electrons. The van der Waals surface area contributed by atoms with E-state index in [0.717, 1.165) is 16.8 Å². The molecule has 1 aliphatic rings.